The van der Waals surface area contributed by atoms with E-state index in [1.807, 2.05) is 32.0 Å². The second-order valence-electron chi connectivity index (χ2n) is 5.28. The van der Waals surface area contributed by atoms with E-state index in [9.17, 15) is 4.79 Å². The number of nitrogens with zero attached hydrogens (tertiary/aromatic N) is 1. The standard InChI is InChI=1S/C16H13NO3/c1-8-9(2)19-15-12-4-3-10-7-17-6-5-11(10)14(12)20-16(18)13(8)15/h3-9H,1-2H3/t8-,9+/m0/s1. The second-order valence-corrected chi connectivity index (χ2v) is 5.28. The van der Waals surface area contributed by atoms with Gasteiger partial charge in [0, 0.05) is 29.1 Å². The largest absolute Gasteiger partial charge is 0.489 e. The molecule has 3 aromatic rings. The summed E-state index contributed by atoms with van der Waals surface area (Å²) in [6, 6.07) is 5.77. The van der Waals surface area contributed by atoms with Gasteiger partial charge in [-0.2, -0.15) is 0 Å². The van der Waals surface area contributed by atoms with Crippen molar-refractivity contribution in [3.8, 4) is 5.75 Å². The van der Waals surface area contributed by atoms with Crippen molar-refractivity contribution in [2.24, 2.45) is 0 Å². The Kier molecular flexibility index (Phi) is 2.19. The van der Waals surface area contributed by atoms with Gasteiger partial charge in [0.2, 0.25) is 0 Å². The molecule has 1 aliphatic rings. The molecule has 0 spiro atoms. The fraction of sp³-hybridized carbons (Fsp3) is 0.250. The van der Waals surface area contributed by atoms with Crippen molar-refractivity contribution < 1.29 is 9.15 Å². The van der Waals surface area contributed by atoms with Crippen LogP contribution in [-0.2, 0) is 0 Å². The van der Waals surface area contributed by atoms with Crippen LogP contribution in [0.25, 0.3) is 21.7 Å². The monoisotopic (exact) mass is 267 g/mol. The van der Waals surface area contributed by atoms with E-state index >= 15 is 0 Å². The number of rotatable bonds is 0. The minimum Gasteiger partial charge on any atom is -0.489 e. The molecule has 0 aliphatic carbocycles. The fourth-order valence-corrected chi connectivity index (χ4v) is 2.86. The van der Waals surface area contributed by atoms with Crippen molar-refractivity contribution in [1.82, 2.24) is 4.98 Å². The maximum Gasteiger partial charge on any atom is 0.343 e. The molecule has 0 fully saturated rings. The van der Waals surface area contributed by atoms with Crippen molar-refractivity contribution in [3.63, 3.8) is 0 Å². The zero-order valence-corrected chi connectivity index (χ0v) is 11.2. The summed E-state index contributed by atoms with van der Waals surface area (Å²) < 4.78 is 11.5. The average Bonchev–Trinajstić information content (AvgIpc) is 2.76. The predicted molar refractivity (Wildman–Crippen MR) is 76.3 cm³/mol. The summed E-state index contributed by atoms with van der Waals surface area (Å²) in [5, 5.41) is 2.69. The molecular formula is C16H13NO3. The highest BCUT2D eigenvalue weighted by atomic mass is 16.5. The van der Waals surface area contributed by atoms with Gasteiger partial charge in [-0.25, -0.2) is 4.79 Å². The van der Waals surface area contributed by atoms with Crippen LogP contribution in [0.3, 0.4) is 0 Å². The predicted octanol–water partition coefficient (Wildman–Crippen LogP) is 3.23. The smallest absolute Gasteiger partial charge is 0.343 e. The van der Waals surface area contributed by atoms with E-state index in [0.717, 1.165) is 16.2 Å². The van der Waals surface area contributed by atoms with Crippen molar-refractivity contribution in [1.29, 1.82) is 0 Å². The van der Waals surface area contributed by atoms with E-state index < -0.39 is 0 Å². The van der Waals surface area contributed by atoms with Crippen LogP contribution in [0.15, 0.2) is 39.8 Å². The number of aromatic nitrogens is 1. The molecule has 100 valence electrons. The van der Waals surface area contributed by atoms with Crippen LogP contribution in [0.5, 0.6) is 5.75 Å². The van der Waals surface area contributed by atoms with Gasteiger partial charge in [-0.3, -0.25) is 4.98 Å². The molecule has 2 atom stereocenters. The average molecular weight is 267 g/mol. The summed E-state index contributed by atoms with van der Waals surface area (Å²) in [5.74, 6) is 0.730. The first kappa shape index (κ1) is 11.5. The maximum atomic E-state index is 12.3. The molecule has 4 rings (SSSR count). The van der Waals surface area contributed by atoms with Crippen LogP contribution in [0.2, 0.25) is 0 Å². The van der Waals surface area contributed by atoms with Gasteiger partial charge in [0.15, 0.2) is 0 Å². The molecule has 0 saturated heterocycles. The van der Waals surface area contributed by atoms with Crippen LogP contribution < -0.4 is 10.4 Å². The van der Waals surface area contributed by atoms with E-state index in [-0.39, 0.29) is 17.6 Å². The summed E-state index contributed by atoms with van der Waals surface area (Å²) in [4.78, 5) is 16.4. The molecule has 0 amide bonds. The van der Waals surface area contributed by atoms with Crippen molar-refractivity contribution in [2.45, 2.75) is 25.9 Å². The normalized spacial score (nSPS) is 21.1. The van der Waals surface area contributed by atoms with Crippen LogP contribution in [0, 0.1) is 0 Å². The summed E-state index contributed by atoms with van der Waals surface area (Å²) in [6.07, 6.45) is 3.45. The summed E-state index contributed by atoms with van der Waals surface area (Å²) in [6.45, 7) is 3.96. The van der Waals surface area contributed by atoms with Gasteiger partial charge in [0.25, 0.3) is 0 Å². The van der Waals surface area contributed by atoms with Crippen molar-refractivity contribution in [3.05, 3.63) is 46.6 Å². The van der Waals surface area contributed by atoms with E-state index in [0.29, 0.717) is 16.9 Å². The number of pyridine rings is 1. The molecular weight excluding hydrogens is 254 g/mol. The number of benzene rings is 1. The van der Waals surface area contributed by atoms with Crippen LogP contribution in [-0.4, -0.2) is 11.1 Å². The van der Waals surface area contributed by atoms with Gasteiger partial charge < -0.3 is 9.15 Å². The van der Waals surface area contributed by atoms with Crippen LogP contribution >= 0.6 is 0 Å². The highest BCUT2D eigenvalue weighted by molar-refractivity contribution is 6.06. The zero-order valence-electron chi connectivity index (χ0n) is 11.2. The first-order chi connectivity index (χ1) is 9.66. The van der Waals surface area contributed by atoms with E-state index in [1.54, 1.807) is 12.4 Å². The Morgan fingerprint density at radius 1 is 1.15 bits per heavy atom. The van der Waals surface area contributed by atoms with E-state index in [2.05, 4.69) is 4.98 Å². The summed E-state index contributed by atoms with van der Waals surface area (Å²) in [5.41, 5.74) is 0.932. The lowest BCUT2D eigenvalue weighted by atomic mass is 9.98. The third-order valence-corrected chi connectivity index (χ3v) is 4.14. The van der Waals surface area contributed by atoms with Crippen LogP contribution in [0.4, 0.5) is 0 Å². The minimum atomic E-state index is -0.298. The molecule has 1 aromatic carbocycles. The lowest BCUT2D eigenvalue weighted by molar-refractivity contribution is 0.234. The summed E-state index contributed by atoms with van der Waals surface area (Å²) in [7, 11) is 0. The first-order valence-corrected chi connectivity index (χ1v) is 6.67. The third-order valence-electron chi connectivity index (χ3n) is 4.14. The lowest BCUT2D eigenvalue weighted by Gasteiger charge is -2.07. The highest BCUT2D eigenvalue weighted by Crippen LogP contribution is 2.41. The number of hydrogen-bond acceptors (Lipinski definition) is 4. The quantitative estimate of drug-likeness (QED) is 0.463. The van der Waals surface area contributed by atoms with Gasteiger partial charge in [-0.15, -0.1) is 0 Å². The van der Waals surface area contributed by atoms with Gasteiger partial charge in [0.05, 0.1) is 10.9 Å². The van der Waals surface area contributed by atoms with Gasteiger partial charge >= 0.3 is 5.63 Å². The molecule has 4 nitrogen and oxygen atoms in total. The number of ether oxygens (including phenoxy) is 1. The Balaban J connectivity index is 2.20. The molecule has 0 N–H and O–H groups in total. The maximum absolute atomic E-state index is 12.3. The molecule has 0 unspecified atom stereocenters. The summed E-state index contributed by atoms with van der Waals surface area (Å²) >= 11 is 0. The first-order valence-electron chi connectivity index (χ1n) is 6.67. The lowest BCUT2D eigenvalue weighted by Crippen LogP contribution is -2.14. The van der Waals surface area contributed by atoms with Gasteiger partial charge in [-0.1, -0.05) is 13.0 Å². The molecule has 4 heteroatoms. The Morgan fingerprint density at radius 2 is 2.00 bits per heavy atom. The zero-order chi connectivity index (χ0) is 13.9. The van der Waals surface area contributed by atoms with E-state index in [4.69, 9.17) is 9.15 Å². The second kappa shape index (κ2) is 3.82. The van der Waals surface area contributed by atoms with E-state index in [1.165, 1.54) is 0 Å². The Bertz CT molecular complexity index is 897. The Hall–Kier alpha value is -2.36. The number of hydrogen-bond donors (Lipinski definition) is 0. The number of fused-ring (bicyclic) bond motifs is 5. The molecule has 0 saturated carbocycles. The molecule has 2 aromatic heterocycles. The fourth-order valence-electron chi connectivity index (χ4n) is 2.86. The topological polar surface area (TPSA) is 52.3 Å². The molecule has 3 heterocycles. The minimum absolute atomic E-state index is 0.00774. The van der Waals surface area contributed by atoms with Crippen molar-refractivity contribution in [2.75, 3.05) is 0 Å². The van der Waals surface area contributed by atoms with Crippen molar-refractivity contribution >= 4 is 21.7 Å². The molecule has 0 radical (unpaired) electrons. The molecule has 20 heavy (non-hydrogen) atoms. The Labute approximate surface area is 115 Å². The molecule has 0 bridgehead atoms. The third kappa shape index (κ3) is 1.36. The SMILES string of the molecule is C[C@@H]1c2c(c3ccc4cnccc4c3oc2=O)O[C@@H]1C. The molecule has 1 aliphatic heterocycles. The van der Waals surface area contributed by atoms with Gasteiger partial charge in [-0.05, 0) is 19.1 Å². The highest BCUT2D eigenvalue weighted by Gasteiger charge is 2.33. The van der Waals surface area contributed by atoms with Gasteiger partial charge in [0.1, 0.15) is 17.4 Å². The van der Waals surface area contributed by atoms with Crippen LogP contribution in [0.1, 0.15) is 25.3 Å². The Morgan fingerprint density at radius 3 is 2.85 bits per heavy atom.